The van der Waals surface area contributed by atoms with Crippen LogP contribution in [0, 0.1) is 0 Å². The van der Waals surface area contributed by atoms with Crippen LogP contribution in [0.25, 0.3) is 0 Å². The van der Waals surface area contributed by atoms with Crippen LogP contribution in [0.15, 0.2) is 71.6 Å². The van der Waals surface area contributed by atoms with Gasteiger partial charge in [0.2, 0.25) is 5.91 Å². The number of benzene rings is 3. The first-order valence-corrected chi connectivity index (χ1v) is 13.9. The summed E-state index contributed by atoms with van der Waals surface area (Å²) in [5.74, 6) is -1.66. The Morgan fingerprint density at radius 3 is 2.02 bits per heavy atom. The summed E-state index contributed by atoms with van der Waals surface area (Å²) in [6.45, 7) is 2.56. The number of hydrogen-bond donors (Lipinski definition) is 2. The van der Waals surface area contributed by atoms with Crippen molar-refractivity contribution in [3.05, 3.63) is 82.9 Å². The maximum atomic E-state index is 12.8. The van der Waals surface area contributed by atoms with E-state index < -0.39 is 34.3 Å². The molecule has 2 N–H and O–H groups in total. The van der Waals surface area contributed by atoms with Crippen molar-refractivity contribution in [2.24, 2.45) is 0 Å². The number of ether oxygens (including phenoxy) is 3. The molecular weight excluding hydrogens is 562 g/mol. The number of sulfonamides is 1. The average Bonchev–Trinajstić information content (AvgIpc) is 3.20. The van der Waals surface area contributed by atoms with E-state index in [9.17, 15) is 22.8 Å². The zero-order valence-corrected chi connectivity index (χ0v) is 23.0. The summed E-state index contributed by atoms with van der Waals surface area (Å²) >= 11 is 5.83. The summed E-state index contributed by atoms with van der Waals surface area (Å²) in [6.07, 6.45) is 0. The Morgan fingerprint density at radius 2 is 1.50 bits per heavy atom. The normalized spacial score (nSPS) is 14.6. The lowest BCUT2D eigenvalue weighted by Gasteiger charge is -2.16. The molecule has 0 aromatic heterocycles. The highest BCUT2D eigenvalue weighted by molar-refractivity contribution is 7.92. The van der Waals surface area contributed by atoms with E-state index in [1.807, 2.05) is 0 Å². The first-order valence-electron chi connectivity index (χ1n) is 12.1. The fourth-order valence-electron chi connectivity index (χ4n) is 3.84. The highest BCUT2D eigenvalue weighted by atomic mass is 35.5. The number of anilines is 2. The molecular formula is C27H26ClN3O8S. The van der Waals surface area contributed by atoms with Gasteiger partial charge in [0.15, 0.2) is 0 Å². The second-order valence-corrected chi connectivity index (χ2v) is 10.6. The van der Waals surface area contributed by atoms with Gasteiger partial charge in [-0.05, 0) is 54.6 Å². The van der Waals surface area contributed by atoms with Crippen LogP contribution in [-0.2, 0) is 24.3 Å². The van der Waals surface area contributed by atoms with E-state index in [4.69, 9.17) is 25.8 Å². The van der Waals surface area contributed by atoms with Crippen LogP contribution in [0.5, 0.6) is 5.75 Å². The summed E-state index contributed by atoms with van der Waals surface area (Å²) in [5.41, 5.74) is 0.804. The first kappa shape index (κ1) is 29.0. The van der Waals surface area contributed by atoms with E-state index in [0.717, 1.165) is 31.3 Å². The Kier molecular flexibility index (Phi) is 9.38. The number of methoxy groups -OCH3 is 1. The number of amides is 3. The predicted molar refractivity (Wildman–Crippen MR) is 147 cm³/mol. The zero-order valence-electron chi connectivity index (χ0n) is 21.4. The van der Waals surface area contributed by atoms with Crippen LogP contribution in [0.4, 0.5) is 11.4 Å². The molecule has 2 heterocycles. The molecule has 5 rings (SSSR count). The van der Waals surface area contributed by atoms with Crippen molar-refractivity contribution in [2.45, 2.75) is 4.90 Å². The molecule has 0 saturated carbocycles. The molecule has 2 aliphatic heterocycles. The Labute approximate surface area is 236 Å². The second kappa shape index (κ2) is 12.9. The van der Waals surface area contributed by atoms with Gasteiger partial charge in [-0.3, -0.25) is 24.0 Å². The lowest BCUT2D eigenvalue weighted by molar-refractivity contribution is -0.116. The van der Waals surface area contributed by atoms with E-state index in [0.29, 0.717) is 10.7 Å². The third-order valence-corrected chi connectivity index (χ3v) is 7.41. The number of imide groups is 1. The van der Waals surface area contributed by atoms with Gasteiger partial charge in [0, 0.05) is 10.7 Å². The van der Waals surface area contributed by atoms with Gasteiger partial charge in [-0.1, -0.05) is 23.7 Å². The highest BCUT2D eigenvalue weighted by Crippen LogP contribution is 2.29. The van der Waals surface area contributed by atoms with Crippen molar-refractivity contribution < 1.29 is 37.0 Å². The third-order valence-electron chi connectivity index (χ3n) is 5.78. The molecule has 1 saturated heterocycles. The molecule has 0 unspecified atom stereocenters. The summed E-state index contributed by atoms with van der Waals surface area (Å²) in [6, 6.07) is 16.3. The molecule has 0 spiro atoms. The van der Waals surface area contributed by atoms with Crippen molar-refractivity contribution >= 4 is 50.7 Å². The number of carbonyl (C=O) groups excluding carboxylic acids is 3. The molecule has 11 nitrogen and oxygen atoms in total. The molecule has 0 atom stereocenters. The number of nitrogens with zero attached hydrogens (tertiary/aromatic N) is 1. The number of nitrogens with one attached hydrogen (secondary N) is 2. The summed E-state index contributed by atoms with van der Waals surface area (Å²) < 4.78 is 43.2. The van der Waals surface area contributed by atoms with Crippen molar-refractivity contribution in [3.63, 3.8) is 0 Å². The van der Waals surface area contributed by atoms with Crippen LogP contribution in [0.1, 0.15) is 20.7 Å². The highest BCUT2D eigenvalue weighted by Gasteiger charge is 2.36. The topological polar surface area (TPSA) is 140 Å². The van der Waals surface area contributed by atoms with E-state index >= 15 is 0 Å². The Balaban J connectivity index is 0.000000546. The van der Waals surface area contributed by atoms with Gasteiger partial charge < -0.3 is 19.5 Å². The van der Waals surface area contributed by atoms with Crippen molar-refractivity contribution in [1.29, 1.82) is 0 Å². The van der Waals surface area contributed by atoms with E-state index in [-0.39, 0.29) is 27.5 Å². The molecule has 40 heavy (non-hydrogen) atoms. The van der Waals surface area contributed by atoms with Gasteiger partial charge in [-0.15, -0.1) is 0 Å². The number of hydrogen-bond acceptors (Lipinski definition) is 8. The largest absolute Gasteiger partial charge is 0.495 e. The zero-order chi connectivity index (χ0) is 28.7. The Bertz CT molecular complexity index is 1460. The minimum absolute atomic E-state index is 0.0584. The number of halogens is 1. The Hall–Kier alpha value is -3.97. The molecule has 210 valence electrons. The van der Waals surface area contributed by atoms with Gasteiger partial charge in [-0.2, -0.15) is 0 Å². The summed E-state index contributed by atoms with van der Waals surface area (Å²) in [4.78, 5) is 38.4. The van der Waals surface area contributed by atoms with Crippen molar-refractivity contribution in [3.8, 4) is 5.75 Å². The van der Waals surface area contributed by atoms with Crippen LogP contribution < -0.4 is 14.8 Å². The van der Waals surface area contributed by atoms with Gasteiger partial charge in [0.25, 0.3) is 21.8 Å². The molecule has 3 aromatic rings. The lowest BCUT2D eigenvalue weighted by atomic mass is 10.1. The monoisotopic (exact) mass is 587 g/mol. The minimum Gasteiger partial charge on any atom is -0.495 e. The number of fused-ring (bicyclic) bond motifs is 1. The fraction of sp³-hybridized carbons (Fsp3) is 0.222. The molecule has 3 aromatic carbocycles. The van der Waals surface area contributed by atoms with Crippen LogP contribution in [0.3, 0.4) is 0 Å². The van der Waals surface area contributed by atoms with Crippen molar-refractivity contribution in [2.75, 3.05) is 50.1 Å². The second-order valence-electron chi connectivity index (χ2n) is 8.49. The van der Waals surface area contributed by atoms with Gasteiger partial charge >= 0.3 is 0 Å². The molecule has 0 radical (unpaired) electrons. The quantitative estimate of drug-likeness (QED) is 0.401. The third kappa shape index (κ3) is 6.96. The standard InChI is InChI=1S/C23H18ClN3O6S.C4H8O2/c1-33-20-11-10-16(34(31,32)26-15-8-6-14(24)7-9-15)12-19(20)25-21(28)13-27-22(29)17-4-2-3-5-18(17)23(27)30;1-2-6-4-3-5-1/h2-12,26H,13H2,1H3,(H,25,28);1-4H2. The fourth-order valence-corrected chi connectivity index (χ4v) is 5.05. The number of carbonyl (C=O) groups is 3. The van der Waals surface area contributed by atoms with E-state index in [1.54, 1.807) is 12.1 Å². The van der Waals surface area contributed by atoms with E-state index in [1.165, 1.54) is 61.7 Å². The van der Waals surface area contributed by atoms with Crippen LogP contribution in [-0.4, -0.2) is 71.1 Å². The molecule has 2 aliphatic rings. The SMILES string of the molecule is C1COCCO1.COc1ccc(S(=O)(=O)Nc2ccc(Cl)cc2)cc1NC(=O)CN1C(=O)c2ccccc2C1=O. The minimum atomic E-state index is -4.00. The van der Waals surface area contributed by atoms with Crippen LogP contribution in [0.2, 0.25) is 5.02 Å². The molecule has 1 fully saturated rings. The Morgan fingerprint density at radius 1 is 0.925 bits per heavy atom. The summed E-state index contributed by atoms with van der Waals surface area (Å²) in [5, 5.41) is 2.97. The molecule has 0 bridgehead atoms. The van der Waals surface area contributed by atoms with E-state index in [2.05, 4.69) is 10.0 Å². The summed E-state index contributed by atoms with van der Waals surface area (Å²) in [7, 11) is -2.65. The lowest BCUT2D eigenvalue weighted by Crippen LogP contribution is -2.37. The van der Waals surface area contributed by atoms with Crippen molar-refractivity contribution in [1.82, 2.24) is 4.90 Å². The smallest absolute Gasteiger partial charge is 0.262 e. The van der Waals surface area contributed by atoms with Gasteiger partial charge in [0.1, 0.15) is 12.3 Å². The van der Waals surface area contributed by atoms with Gasteiger partial charge in [0.05, 0.1) is 55.2 Å². The maximum absolute atomic E-state index is 12.8. The molecule has 13 heteroatoms. The maximum Gasteiger partial charge on any atom is 0.262 e. The average molecular weight is 588 g/mol. The molecule has 3 amide bonds. The first-order chi connectivity index (χ1) is 19.2. The van der Waals surface area contributed by atoms with Gasteiger partial charge in [-0.25, -0.2) is 8.42 Å². The predicted octanol–water partition coefficient (Wildman–Crippen LogP) is 3.42. The van der Waals surface area contributed by atoms with Crippen LogP contribution >= 0.6 is 11.6 Å². The molecule has 0 aliphatic carbocycles. The number of rotatable bonds is 7.